The predicted molar refractivity (Wildman–Crippen MR) is 92.0 cm³/mol. The molecule has 21 heavy (non-hydrogen) atoms. The fourth-order valence-corrected chi connectivity index (χ4v) is 2.07. The molecule has 0 aliphatic heterocycles. The zero-order chi connectivity index (χ0) is 15.7. The highest BCUT2D eigenvalue weighted by atomic mass is 16.3. The van der Waals surface area contributed by atoms with Crippen molar-refractivity contribution in [2.75, 3.05) is 0 Å². The van der Waals surface area contributed by atoms with Crippen molar-refractivity contribution in [2.45, 2.75) is 52.4 Å². The largest absolute Gasteiger partial charge is 0.508 e. The molecule has 114 valence electrons. The highest BCUT2D eigenvalue weighted by Gasteiger charge is 2.06. The first-order chi connectivity index (χ1) is 10.1. The van der Waals surface area contributed by atoms with Crippen molar-refractivity contribution in [2.24, 2.45) is 0 Å². The maximum atomic E-state index is 8.63. The van der Waals surface area contributed by atoms with Gasteiger partial charge in [-0.25, -0.2) is 0 Å². The Bertz CT molecular complexity index is 479. The Kier molecular flexibility index (Phi) is 7.60. The van der Waals surface area contributed by atoms with Crippen LogP contribution in [0.25, 0.3) is 0 Å². The first-order valence-corrected chi connectivity index (χ1v) is 7.92. The number of rotatable bonds is 4. The minimum Gasteiger partial charge on any atom is -0.508 e. The molecular formula is C20H28O. The summed E-state index contributed by atoms with van der Waals surface area (Å²) in [6.07, 6.45) is 2.45. The van der Waals surface area contributed by atoms with E-state index in [0.29, 0.717) is 17.6 Å². The summed E-state index contributed by atoms with van der Waals surface area (Å²) in [5.74, 6) is 1.71. The molecule has 0 saturated carbocycles. The SMILES string of the molecule is CCC(C)c1cccc(C(C)CC)c1.Oc1ccccc1. The van der Waals surface area contributed by atoms with Crippen LogP contribution in [0.15, 0.2) is 54.6 Å². The summed E-state index contributed by atoms with van der Waals surface area (Å²) in [5, 5.41) is 8.63. The third-order valence-electron chi connectivity index (χ3n) is 4.03. The number of hydrogen-bond donors (Lipinski definition) is 1. The molecule has 2 atom stereocenters. The van der Waals surface area contributed by atoms with E-state index in [9.17, 15) is 0 Å². The minimum atomic E-state index is 0.322. The molecular weight excluding hydrogens is 256 g/mol. The van der Waals surface area contributed by atoms with Crippen LogP contribution in [0.5, 0.6) is 5.75 Å². The van der Waals surface area contributed by atoms with Gasteiger partial charge in [0.2, 0.25) is 0 Å². The smallest absolute Gasteiger partial charge is 0.115 e. The standard InChI is InChI=1S/C14H22.C6H6O/c1-5-11(3)13-8-7-9-14(10-13)12(4)6-2;7-6-4-2-1-3-5-6/h7-12H,5-6H2,1-4H3;1-5,7H. The van der Waals surface area contributed by atoms with E-state index in [1.807, 2.05) is 6.07 Å². The van der Waals surface area contributed by atoms with Gasteiger partial charge in [0.1, 0.15) is 5.75 Å². The van der Waals surface area contributed by atoms with E-state index in [1.165, 1.54) is 24.0 Å². The first-order valence-electron chi connectivity index (χ1n) is 7.92. The van der Waals surface area contributed by atoms with Gasteiger partial charge in [-0.3, -0.25) is 0 Å². The number of aromatic hydroxyl groups is 1. The van der Waals surface area contributed by atoms with Crippen LogP contribution in [0, 0.1) is 0 Å². The second kappa shape index (κ2) is 9.23. The van der Waals surface area contributed by atoms with Crippen LogP contribution >= 0.6 is 0 Å². The average Bonchev–Trinajstić information content (AvgIpc) is 2.54. The second-order valence-electron chi connectivity index (χ2n) is 5.62. The Balaban J connectivity index is 0.000000262. The van der Waals surface area contributed by atoms with E-state index >= 15 is 0 Å². The van der Waals surface area contributed by atoms with E-state index in [0.717, 1.165) is 0 Å². The molecule has 0 radical (unpaired) electrons. The molecule has 0 heterocycles. The summed E-state index contributed by atoms with van der Waals surface area (Å²) < 4.78 is 0. The lowest BCUT2D eigenvalue weighted by atomic mass is 9.92. The fraction of sp³-hybridized carbons (Fsp3) is 0.400. The molecule has 2 aromatic rings. The maximum absolute atomic E-state index is 8.63. The average molecular weight is 284 g/mol. The maximum Gasteiger partial charge on any atom is 0.115 e. The summed E-state index contributed by atoms with van der Waals surface area (Å²) in [4.78, 5) is 0. The molecule has 0 spiro atoms. The molecule has 0 bridgehead atoms. The van der Waals surface area contributed by atoms with Crippen LogP contribution < -0.4 is 0 Å². The monoisotopic (exact) mass is 284 g/mol. The summed E-state index contributed by atoms with van der Waals surface area (Å²) in [6.45, 7) is 9.10. The molecule has 0 aliphatic rings. The van der Waals surface area contributed by atoms with Crippen molar-refractivity contribution < 1.29 is 5.11 Å². The number of phenols is 1. The van der Waals surface area contributed by atoms with Crippen molar-refractivity contribution in [1.82, 2.24) is 0 Å². The second-order valence-corrected chi connectivity index (χ2v) is 5.62. The lowest BCUT2D eigenvalue weighted by Gasteiger charge is -2.14. The van der Waals surface area contributed by atoms with Gasteiger partial charge in [0, 0.05) is 0 Å². The van der Waals surface area contributed by atoms with Crippen LogP contribution in [-0.2, 0) is 0 Å². The highest BCUT2D eigenvalue weighted by molar-refractivity contribution is 5.28. The fourth-order valence-electron chi connectivity index (χ4n) is 2.07. The Morgan fingerprint density at radius 3 is 1.57 bits per heavy atom. The highest BCUT2D eigenvalue weighted by Crippen LogP contribution is 2.24. The van der Waals surface area contributed by atoms with Gasteiger partial charge in [-0.2, -0.15) is 0 Å². The third-order valence-corrected chi connectivity index (χ3v) is 4.03. The van der Waals surface area contributed by atoms with E-state index in [1.54, 1.807) is 24.3 Å². The van der Waals surface area contributed by atoms with Crippen molar-refractivity contribution in [3.63, 3.8) is 0 Å². The van der Waals surface area contributed by atoms with Gasteiger partial charge in [0.25, 0.3) is 0 Å². The van der Waals surface area contributed by atoms with Gasteiger partial charge in [0.15, 0.2) is 0 Å². The van der Waals surface area contributed by atoms with Crippen molar-refractivity contribution in [1.29, 1.82) is 0 Å². The van der Waals surface area contributed by atoms with Crippen LogP contribution in [0.3, 0.4) is 0 Å². The van der Waals surface area contributed by atoms with Gasteiger partial charge in [-0.05, 0) is 47.9 Å². The number of para-hydroxylation sites is 1. The molecule has 0 fully saturated rings. The number of benzene rings is 2. The summed E-state index contributed by atoms with van der Waals surface area (Å²) in [6, 6.07) is 17.8. The molecule has 0 aliphatic carbocycles. The minimum absolute atomic E-state index is 0.322. The molecule has 1 nitrogen and oxygen atoms in total. The lowest BCUT2D eigenvalue weighted by Crippen LogP contribution is -1.96. The molecule has 1 heteroatoms. The summed E-state index contributed by atoms with van der Waals surface area (Å²) in [5.41, 5.74) is 2.98. The van der Waals surface area contributed by atoms with Crippen molar-refractivity contribution in [3.8, 4) is 5.75 Å². The van der Waals surface area contributed by atoms with Crippen LogP contribution in [-0.4, -0.2) is 5.11 Å². The quantitative estimate of drug-likeness (QED) is 0.718. The Hall–Kier alpha value is -1.76. The molecule has 2 rings (SSSR count). The number of hydrogen-bond acceptors (Lipinski definition) is 1. The summed E-state index contributed by atoms with van der Waals surface area (Å²) >= 11 is 0. The van der Waals surface area contributed by atoms with Crippen LogP contribution in [0.4, 0.5) is 0 Å². The molecule has 0 amide bonds. The lowest BCUT2D eigenvalue weighted by molar-refractivity contribution is 0.475. The van der Waals surface area contributed by atoms with Crippen LogP contribution in [0.2, 0.25) is 0 Å². The van der Waals surface area contributed by atoms with E-state index < -0.39 is 0 Å². The Morgan fingerprint density at radius 2 is 1.24 bits per heavy atom. The summed E-state index contributed by atoms with van der Waals surface area (Å²) in [7, 11) is 0. The van der Waals surface area contributed by atoms with Crippen LogP contribution in [0.1, 0.15) is 63.5 Å². The molecule has 0 aromatic heterocycles. The molecule has 1 N–H and O–H groups in total. The Morgan fingerprint density at radius 1 is 0.762 bits per heavy atom. The van der Waals surface area contributed by atoms with Gasteiger partial charge >= 0.3 is 0 Å². The third kappa shape index (κ3) is 6.03. The van der Waals surface area contributed by atoms with Gasteiger partial charge in [-0.15, -0.1) is 0 Å². The van der Waals surface area contributed by atoms with Gasteiger partial charge in [-0.1, -0.05) is 70.2 Å². The van der Waals surface area contributed by atoms with E-state index in [2.05, 4.69) is 52.0 Å². The molecule has 2 unspecified atom stereocenters. The Labute approximate surface area is 129 Å². The zero-order valence-corrected chi connectivity index (χ0v) is 13.7. The van der Waals surface area contributed by atoms with Gasteiger partial charge in [0.05, 0.1) is 0 Å². The zero-order valence-electron chi connectivity index (χ0n) is 13.7. The predicted octanol–water partition coefficient (Wildman–Crippen LogP) is 6.11. The van der Waals surface area contributed by atoms with E-state index in [4.69, 9.17) is 5.11 Å². The van der Waals surface area contributed by atoms with Gasteiger partial charge < -0.3 is 5.11 Å². The molecule has 2 aromatic carbocycles. The van der Waals surface area contributed by atoms with E-state index in [-0.39, 0.29) is 0 Å². The first kappa shape index (κ1) is 17.3. The number of phenolic OH excluding ortho intramolecular Hbond substituents is 1. The topological polar surface area (TPSA) is 20.2 Å². The van der Waals surface area contributed by atoms with Crippen molar-refractivity contribution >= 4 is 0 Å². The normalized spacial score (nSPS) is 13.0. The van der Waals surface area contributed by atoms with Crippen molar-refractivity contribution in [3.05, 3.63) is 65.7 Å². The molecule has 0 saturated heterocycles.